The first-order valence-electron chi connectivity index (χ1n) is 6.19. The second kappa shape index (κ2) is 6.33. The molecule has 1 heterocycles. The van der Waals surface area contributed by atoms with E-state index in [1.807, 2.05) is 12.3 Å². The van der Waals surface area contributed by atoms with E-state index < -0.39 is 4.92 Å². The maximum atomic E-state index is 10.9. The summed E-state index contributed by atoms with van der Waals surface area (Å²) in [5.74, 6) is 0.272. The Hall–Kier alpha value is -2.15. The molecule has 0 radical (unpaired) electrons. The first-order chi connectivity index (χ1) is 9.61. The highest BCUT2D eigenvalue weighted by molar-refractivity contribution is 7.09. The van der Waals surface area contributed by atoms with Crippen LogP contribution in [-0.4, -0.2) is 16.5 Å². The molecule has 0 saturated heterocycles. The average Bonchev–Trinajstić information content (AvgIpc) is 2.93. The van der Waals surface area contributed by atoms with E-state index in [4.69, 9.17) is 4.74 Å². The van der Waals surface area contributed by atoms with Gasteiger partial charge in [-0.1, -0.05) is 0 Å². The van der Waals surface area contributed by atoms with E-state index in [1.165, 1.54) is 6.07 Å². The van der Waals surface area contributed by atoms with Gasteiger partial charge in [0.05, 0.1) is 17.6 Å². The first kappa shape index (κ1) is 14.3. The molecule has 0 bridgehead atoms. The normalized spacial score (nSPS) is 11.9. The molecular formula is C13H15N3O3S. The monoisotopic (exact) mass is 293 g/mol. The summed E-state index contributed by atoms with van der Waals surface area (Å²) in [6, 6.07) is 4.80. The van der Waals surface area contributed by atoms with Crippen molar-refractivity contribution in [2.45, 2.75) is 19.9 Å². The number of nitrogens with one attached hydrogen (secondary N) is 1. The molecule has 1 N–H and O–H groups in total. The van der Waals surface area contributed by atoms with Gasteiger partial charge in [0.2, 0.25) is 0 Å². The van der Waals surface area contributed by atoms with Gasteiger partial charge in [-0.2, -0.15) is 0 Å². The van der Waals surface area contributed by atoms with Crippen LogP contribution >= 0.6 is 11.3 Å². The van der Waals surface area contributed by atoms with E-state index >= 15 is 0 Å². The lowest BCUT2D eigenvalue weighted by Gasteiger charge is -2.14. The molecule has 6 nitrogen and oxygen atoms in total. The number of nitrogens with zero attached hydrogens (tertiary/aromatic N) is 2. The smallest absolute Gasteiger partial charge is 0.311 e. The Morgan fingerprint density at radius 3 is 2.95 bits per heavy atom. The summed E-state index contributed by atoms with van der Waals surface area (Å²) in [5, 5.41) is 17.0. The maximum Gasteiger partial charge on any atom is 0.311 e. The van der Waals surface area contributed by atoms with Crippen LogP contribution < -0.4 is 10.1 Å². The number of nitro benzene ring substituents is 1. The van der Waals surface area contributed by atoms with Gasteiger partial charge in [-0.05, 0) is 19.9 Å². The SMILES string of the molecule is CCOc1cc(NC(C)c2nccs2)ccc1[N+](=O)[O-]. The van der Waals surface area contributed by atoms with Gasteiger partial charge in [0.15, 0.2) is 5.75 Å². The molecule has 0 saturated carbocycles. The molecule has 0 aliphatic rings. The number of ether oxygens (including phenoxy) is 1. The van der Waals surface area contributed by atoms with Gasteiger partial charge >= 0.3 is 5.69 Å². The summed E-state index contributed by atoms with van der Waals surface area (Å²) >= 11 is 1.56. The van der Waals surface area contributed by atoms with Crippen molar-refractivity contribution in [3.63, 3.8) is 0 Å². The molecule has 0 fully saturated rings. The van der Waals surface area contributed by atoms with Gasteiger partial charge in [-0.3, -0.25) is 10.1 Å². The zero-order valence-corrected chi connectivity index (χ0v) is 12.0. The van der Waals surface area contributed by atoms with Crippen molar-refractivity contribution in [1.29, 1.82) is 0 Å². The molecule has 2 aromatic rings. The summed E-state index contributed by atoms with van der Waals surface area (Å²) in [5.41, 5.74) is 0.737. The van der Waals surface area contributed by atoms with Gasteiger partial charge < -0.3 is 10.1 Å². The third-order valence-electron chi connectivity index (χ3n) is 2.66. The van der Waals surface area contributed by atoms with E-state index in [9.17, 15) is 10.1 Å². The van der Waals surface area contributed by atoms with Crippen molar-refractivity contribution in [1.82, 2.24) is 4.98 Å². The number of aromatic nitrogens is 1. The van der Waals surface area contributed by atoms with E-state index in [2.05, 4.69) is 10.3 Å². The lowest BCUT2D eigenvalue weighted by molar-refractivity contribution is -0.385. The molecule has 0 aliphatic carbocycles. The second-order valence-electron chi connectivity index (χ2n) is 4.11. The summed E-state index contributed by atoms with van der Waals surface area (Å²) in [7, 11) is 0. The number of hydrogen-bond donors (Lipinski definition) is 1. The molecule has 1 aromatic carbocycles. The lowest BCUT2D eigenvalue weighted by Crippen LogP contribution is -2.07. The Balaban J connectivity index is 2.20. The molecular weight excluding hydrogens is 278 g/mol. The number of rotatable bonds is 6. The third kappa shape index (κ3) is 3.24. The van der Waals surface area contributed by atoms with Crippen LogP contribution in [0.4, 0.5) is 11.4 Å². The Labute approximate surface area is 120 Å². The van der Waals surface area contributed by atoms with Gasteiger partial charge in [-0.25, -0.2) is 4.98 Å². The zero-order valence-electron chi connectivity index (χ0n) is 11.2. The molecule has 0 aliphatic heterocycles. The van der Waals surface area contributed by atoms with E-state index in [-0.39, 0.29) is 17.5 Å². The topological polar surface area (TPSA) is 77.3 Å². The van der Waals surface area contributed by atoms with Crippen molar-refractivity contribution in [2.75, 3.05) is 11.9 Å². The van der Waals surface area contributed by atoms with Gasteiger partial charge in [0.25, 0.3) is 0 Å². The third-order valence-corrected chi connectivity index (χ3v) is 3.62. The minimum atomic E-state index is -0.445. The zero-order chi connectivity index (χ0) is 14.5. The summed E-state index contributed by atoms with van der Waals surface area (Å²) < 4.78 is 5.32. The molecule has 2 rings (SSSR count). The summed E-state index contributed by atoms with van der Waals surface area (Å²) in [4.78, 5) is 14.7. The molecule has 106 valence electrons. The largest absolute Gasteiger partial charge is 0.487 e. The van der Waals surface area contributed by atoms with Crippen molar-refractivity contribution < 1.29 is 9.66 Å². The van der Waals surface area contributed by atoms with E-state index in [0.29, 0.717) is 6.61 Å². The van der Waals surface area contributed by atoms with Crippen LogP contribution in [0.25, 0.3) is 0 Å². The number of anilines is 1. The van der Waals surface area contributed by atoms with Crippen LogP contribution in [0.2, 0.25) is 0 Å². The summed E-state index contributed by atoms with van der Waals surface area (Å²) in [6.45, 7) is 4.16. The summed E-state index contributed by atoms with van der Waals surface area (Å²) in [6.07, 6.45) is 1.75. The number of thiazole rings is 1. The quantitative estimate of drug-likeness (QED) is 0.650. The van der Waals surface area contributed by atoms with Gasteiger partial charge in [0, 0.05) is 29.4 Å². The van der Waals surface area contributed by atoms with Crippen molar-refractivity contribution in [3.05, 3.63) is 44.9 Å². The molecule has 0 amide bonds. The van der Waals surface area contributed by atoms with Crippen LogP contribution in [0.5, 0.6) is 5.75 Å². The van der Waals surface area contributed by atoms with Crippen LogP contribution in [-0.2, 0) is 0 Å². The van der Waals surface area contributed by atoms with Crippen molar-refractivity contribution in [2.24, 2.45) is 0 Å². The van der Waals surface area contributed by atoms with Crippen molar-refractivity contribution >= 4 is 22.7 Å². The van der Waals surface area contributed by atoms with Gasteiger partial charge in [0.1, 0.15) is 5.01 Å². The molecule has 0 spiro atoms. The molecule has 1 unspecified atom stereocenters. The number of benzene rings is 1. The molecule has 7 heteroatoms. The number of hydrogen-bond acceptors (Lipinski definition) is 6. The van der Waals surface area contributed by atoms with Gasteiger partial charge in [-0.15, -0.1) is 11.3 Å². The Kier molecular flexibility index (Phi) is 4.52. The average molecular weight is 293 g/mol. The first-order valence-corrected chi connectivity index (χ1v) is 7.07. The highest BCUT2D eigenvalue weighted by atomic mass is 32.1. The van der Waals surface area contributed by atoms with Crippen LogP contribution in [0, 0.1) is 10.1 Å². The van der Waals surface area contributed by atoms with E-state index in [1.54, 1.807) is 36.6 Å². The Bertz CT molecular complexity index is 587. The highest BCUT2D eigenvalue weighted by Crippen LogP contribution is 2.31. The van der Waals surface area contributed by atoms with Crippen LogP contribution in [0.3, 0.4) is 0 Å². The fourth-order valence-electron chi connectivity index (χ4n) is 1.79. The Morgan fingerprint density at radius 2 is 2.35 bits per heavy atom. The predicted octanol–water partition coefficient (Wildman–Crippen LogP) is 3.62. The minimum Gasteiger partial charge on any atom is -0.487 e. The standard InChI is InChI=1S/C13H15N3O3S/c1-3-19-12-8-10(4-5-11(12)16(17)18)15-9(2)13-14-6-7-20-13/h4-9,15H,3H2,1-2H3. The van der Waals surface area contributed by atoms with Crippen LogP contribution in [0.15, 0.2) is 29.8 Å². The lowest BCUT2D eigenvalue weighted by atomic mass is 10.2. The fraction of sp³-hybridized carbons (Fsp3) is 0.308. The number of nitro groups is 1. The maximum absolute atomic E-state index is 10.9. The molecule has 1 aromatic heterocycles. The Morgan fingerprint density at radius 1 is 1.55 bits per heavy atom. The highest BCUT2D eigenvalue weighted by Gasteiger charge is 2.16. The van der Waals surface area contributed by atoms with Crippen LogP contribution in [0.1, 0.15) is 24.9 Å². The second-order valence-corrected chi connectivity index (χ2v) is 5.04. The van der Waals surface area contributed by atoms with E-state index in [0.717, 1.165) is 10.7 Å². The minimum absolute atomic E-state index is 0.0284. The fourth-order valence-corrected chi connectivity index (χ4v) is 2.43. The molecule has 20 heavy (non-hydrogen) atoms. The molecule has 1 atom stereocenters. The van der Waals surface area contributed by atoms with Crippen molar-refractivity contribution in [3.8, 4) is 5.75 Å². The predicted molar refractivity (Wildman–Crippen MR) is 78.4 cm³/mol.